The molecule has 0 aliphatic rings. The molecule has 0 radical (unpaired) electrons. The molecule has 0 bridgehead atoms. The molecule has 1 unspecified atom stereocenters. The number of allylic oxidation sites excluding steroid dienone is 14. The molecule has 0 saturated carbocycles. The van der Waals surface area contributed by atoms with Crippen molar-refractivity contribution < 1.29 is 28.6 Å². The zero-order valence-electron chi connectivity index (χ0n) is 54.5. The molecule has 6 heteroatoms. The van der Waals surface area contributed by atoms with Gasteiger partial charge in [0.2, 0.25) is 0 Å². The summed E-state index contributed by atoms with van der Waals surface area (Å²) in [6.45, 7) is 6.52. The van der Waals surface area contributed by atoms with Crippen LogP contribution in [0.25, 0.3) is 0 Å². The summed E-state index contributed by atoms with van der Waals surface area (Å²) >= 11 is 0. The molecule has 0 aliphatic heterocycles. The third-order valence-corrected chi connectivity index (χ3v) is 15.6. The molecule has 474 valence electrons. The van der Waals surface area contributed by atoms with Gasteiger partial charge in [0.05, 0.1) is 0 Å². The number of rotatable bonds is 65. The highest BCUT2D eigenvalue weighted by Crippen LogP contribution is 2.18. The summed E-state index contributed by atoms with van der Waals surface area (Å²) in [6.07, 6.45) is 93.5. The molecule has 0 rings (SSSR count). The van der Waals surface area contributed by atoms with Crippen LogP contribution in [0.15, 0.2) is 85.1 Å². The van der Waals surface area contributed by atoms with Gasteiger partial charge in [-0.05, 0) is 96.3 Å². The van der Waals surface area contributed by atoms with Crippen LogP contribution in [0.4, 0.5) is 0 Å². The van der Waals surface area contributed by atoms with Crippen molar-refractivity contribution in [1.29, 1.82) is 0 Å². The van der Waals surface area contributed by atoms with Crippen molar-refractivity contribution in [3.8, 4) is 0 Å². The molecule has 0 saturated heterocycles. The molecule has 0 heterocycles. The van der Waals surface area contributed by atoms with E-state index in [2.05, 4.69) is 106 Å². The average molecular weight is 1140 g/mol. The molecule has 0 aliphatic carbocycles. The fourth-order valence-electron chi connectivity index (χ4n) is 10.3. The molecule has 6 nitrogen and oxygen atoms in total. The quantitative estimate of drug-likeness (QED) is 0.0261. The van der Waals surface area contributed by atoms with Crippen molar-refractivity contribution in [2.24, 2.45) is 0 Å². The van der Waals surface area contributed by atoms with Gasteiger partial charge in [-0.25, -0.2) is 0 Å². The van der Waals surface area contributed by atoms with Crippen LogP contribution in [0.5, 0.6) is 0 Å². The highest BCUT2D eigenvalue weighted by Gasteiger charge is 2.19. The molecular formula is C76H134O6. The van der Waals surface area contributed by atoms with E-state index in [-0.39, 0.29) is 37.5 Å². The van der Waals surface area contributed by atoms with Gasteiger partial charge >= 0.3 is 17.9 Å². The first-order valence-corrected chi connectivity index (χ1v) is 35.6. The van der Waals surface area contributed by atoms with Gasteiger partial charge in [0.15, 0.2) is 6.10 Å². The van der Waals surface area contributed by atoms with E-state index in [1.54, 1.807) is 0 Å². The lowest BCUT2D eigenvalue weighted by molar-refractivity contribution is -0.167. The maximum Gasteiger partial charge on any atom is 0.306 e. The Morgan fingerprint density at radius 3 is 0.793 bits per heavy atom. The largest absolute Gasteiger partial charge is 0.462 e. The molecule has 0 aromatic carbocycles. The first-order chi connectivity index (χ1) is 40.5. The first kappa shape index (κ1) is 78.6. The number of ether oxygens (including phenoxy) is 3. The Kier molecular flexibility index (Phi) is 67.2. The molecule has 0 N–H and O–H groups in total. The minimum Gasteiger partial charge on any atom is -0.462 e. The van der Waals surface area contributed by atoms with Gasteiger partial charge in [0.1, 0.15) is 13.2 Å². The summed E-state index contributed by atoms with van der Waals surface area (Å²) in [5.41, 5.74) is 0. The number of hydrogen-bond acceptors (Lipinski definition) is 6. The van der Waals surface area contributed by atoms with Crippen LogP contribution in [0.3, 0.4) is 0 Å². The van der Waals surface area contributed by atoms with E-state index in [0.29, 0.717) is 19.3 Å². The van der Waals surface area contributed by atoms with E-state index in [1.807, 2.05) is 0 Å². The lowest BCUT2D eigenvalue weighted by Crippen LogP contribution is -2.30. The predicted molar refractivity (Wildman–Crippen MR) is 358 cm³/mol. The monoisotopic (exact) mass is 1140 g/mol. The smallest absolute Gasteiger partial charge is 0.306 e. The second-order valence-electron chi connectivity index (χ2n) is 23.8. The van der Waals surface area contributed by atoms with Gasteiger partial charge in [-0.1, -0.05) is 331 Å². The number of unbranched alkanes of at least 4 members (excludes halogenated alkanes) is 40. The Bertz CT molecular complexity index is 1550. The van der Waals surface area contributed by atoms with Crippen molar-refractivity contribution in [3.05, 3.63) is 85.1 Å². The van der Waals surface area contributed by atoms with Gasteiger partial charge in [-0.2, -0.15) is 0 Å². The zero-order valence-corrected chi connectivity index (χ0v) is 54.5. The molecule has 0 spiro atoms. The van der Waals surface area contributed by atoms with Crippen molar-refractivity contribution in [2.45, 2.75) is 367 Å². The highest BCUT2D eigenvalue weighted by molar-refractivity contribution is 5.71. The Morgan fingerprint density at radius 1 is 0.256 bits per heavy atom. The molecule has 0 amide bonds. The fraction of sp³-hybridized carbons (Fsp3) is 0.776. The molecule has 0 fully saturated rings. The second kappa shape index (κ2) is 70.1. The summed E-state index contributed by atoms with van der Waals surface area (Å²) in [6, 6.07) is 0. The summed E-state index contributed by atoms with van der Waals surface area (Å²) in [5.74, 6) is -0.931. The Hall–Kier alpha value is -3.41. The van der Waals surface area contributed by atoms with Gasteiger partial charge < -0.3 is 14.2 Å². The number of carbonyl (C=O) groups excluding carboxylic acids is 3. The predicted octanol–water partition coefficient (Wildman–Crippen LogP) is 24.6. The summed E-state index contributed by atoms with van der Waals surface area (Å²) in [4.78, 5) is 38.4. The highest BCUT2D eigenvalue weighted by atomic mass is 16.6. The number of hydrogen-bond donors (Lipinski definition) is 0. The number of esters is 3. The van der Waals surface area contributed by atoms with Crippen molar-refractivity contribution in [2.75, 3.05) is 13.2 Å². The van der Waals surface area contributed by atoms with Crippen LogP contribution in [-0.4, -0.2) is 37.2 Å². The van der Waals surface area contributed by atoms with E-state index >= 15 is 0 Å². The van der Waals surface area contributed by atoms with Crippen LogP contribution >= 0.6 is 0 Å². The van der Waals surface area contributed by atoms with Gasteiger partial charge in [-0.15, -0.1) is 0 Å². The zero-order chi connectivity index (χ0) is 59.2. The van der Waals surface area contributed by atoms with E-state index in [1.165, 1.54) is 218 Å². The molecule has 1 atom stereocenters. The average Bonchev–Trinajstić information content (AvgIpc) is 3.47. The molecule has 0 aromatic rings. The Labute approximate surface area is 509 Å². The van der Waals surface area contributed by atoms with Crippen LogP contribution in [0, 0.1) is 0 Å². The maximum absolute atomic E-state index is 12.9. The molecule has 82 heavy (non-hydrogen) atoms. The summed E-state index contributed by atoms with van der Waals surface area (Å²) < 4.78 is 16.9. The molecular weight excluding hydrogens is 1010 g/mol. The normalized spacial score (nSPS) is 12.6. The van der Waals surface area contributed by atoms with Crippen LogP contribution < -0.4 is 0 Å². The van der Waals surface area contributed by atoms with Crippen LogP contribution in [-0.2, 0) is 28.6 Å². The standard InChI is InChI=1S/C76H134O6/c1-4-7-10-13-16-19-22-25-27-29-31-33-34-35-36-37-38-39-40-41-43-44-46-48-51-54-57-60-63-66-69-75(78)81-72-73(71-80-74(77)68-65-62-59-56-53-50-24-21-18-15-12-9-6-3)82-76(79)70-67-64-61-58-55-52-49-47-45-42-32-30-28-26-23-20-17-14-11-8-5-2/h8,11,17,20-21,24,26,28,32,42,47,49,55,58,73H,4-7,9-10,12-16,18-19,22-23,25,27,29-31,33-41,43-46,48,50-54,56-57,59-72H2,1-3H3/b11-8-,20-17-,24-21-,28-26-,42-32-,49-47-,58-55-. The Morgan fingerprint density at radius 2 is 0.476 bits per heavy atom. The first-order valence-electron chi connectivity index (χ1n) is 35.6. The minimum absolute atomic E-state index is 0.0941. The summed E-state index contributed by atoms with van der Waals surface area (Å²) in [7, 11) is 0. The van der Waals surface area contributed by atoms with E-state index in [4.69, 9.17) is 14.2 Å². The lowest BCUT2D eigenvalue weighted by atomic mass is 10.0. The van der Waals surface area contributed by atoms with Crippen LogP contribution in [0.2, 0.25) is 0 Å². The SMILES string of the molecule is CC/C=C\C/C=C\C/C=C\C/C=C\C/C=C\C/C=C\CCCCC(=O)OC(COC(=O)CCCCCCC/C=C\CCCCCC)COC(=O)CCCCCCCCCCCCCCCCCCCCCCCCCCCCCCCC. The molecule has 0 aromatic heterocycles. The third kappa shape index (κ3) is 67.4. The minimum atomic E-state index is -0.804. The van der Waals surface area contributed by atoms with Gasteiger partial charge in [-0.3, -0.25) is 14.4 Å². The maximum atomic E-state index is 12.9. The third-order valence-electron chi connectivity index (χ3n) is 15.6. The second-order valence-corrected chi connectivity index (χ2v) is 23.8. The number of carbonyl (C=O) groups is 3. The van der Waals surface area contributed by atoms with E-state index in [0.717, 1.165) is 96.3 Å². The van der Waals surface area contributed by atoms with Crippen molar-refractivity contribution in [1.82, 2.24) is 0 Å². The van der Waals surface area contributed by atoms with Crippen molar-refractivity contribution in [3.63, 3.8) is 0 Å². The van der Waals surface area contributed by atoms with E-state index in [9.17, 15) is 14.4 Å². The lowest BCUT2D eigenvalue weighted by Gasteiger charge is -2.18. The van der Waals surface area contributed by atoms with Gasteiger partial charge in [0.25, 0.3) is 0 Å². The van der Waals surface area contributed by atoms with E-state index < -0.39 is 6.10 Å². The Balaban J connectivity index is 4.26. The summed E-state index contributed by atoms with van der Waals surface area (Å²) in [5, 5.41) is 0. The topological polar surface area (TPSA) is 78.9 Å². The fourth-order valence-corrected chi connectivity index (χ4v) is 10.3. The van der Waals surface area contributed by atoms with Gasteiger partial charge in [0, 0.05) is 19.3 Å². The van der Waals surface area contributed by atoms with Crippen molar-refractivity contribution >= 4 is 17.9 Å². The van der Waals surface area contributed by atoms with Crippen LogP contribution in [0.1, 0.15) is 361 Å².